The zero-order valence-corrected chi connectivity index (χ0v) is 13.0. The largest absolute Gasteiger partial charge is 0.496 e. The van der Waals surface area contributed by atoms with Crippen LogP contribution in [0.1, 0.15) is 36.0 Å². The van der Waals surface area contributed by atoms with Crippen LogP contribution >= 0.6 is 11.6 Å². The summed E-state index contributed by atoms with van der Waals surface area (Å²) in [5.41, 5.74) is 9.87. The van der Waals surface area contributed by atoms with Gasteiger partial charge in [-0.3, -0.25) is 0 Å². The summed E-state index contributed by atoms with van der Waals surface area (Å²) in [6.45, 7) is 0. The molecule has 0 radical (unpaired) electrons. The molecule has 3 rings (SSSR count). The van der Waals surface area contributed by atoms with E-state index >= 15 is 0 Å². The van der Waals surface area contributed by atoms with Crippen LogP contribution in [0.15, 0.2) is 42.5 Å². The summed E-state index contributed by atoms with van der Waals surface area (Å²) < 4.78 is 5.54. The van der Waals surface area contributed by atoms with Gasteiger partial charge >= 0.3 is 0 Å². The van der Waals surface area contributed by atoms with Crippen LogP contribution in [-0.2, 0) is 12.0 Å². The summed E-state index contributed by atoms with van der Waals surface area (Å²) in [5, 5.41) is 0.692. The first-order valence-corrected chi connectivity index (χ1v) is 7.74. The van der Waals surface area contributed by atoms with Gasteiger partial charge in [0.1, 0.15) is 5.75 Å². The Morgan fingerprint density at radius 3 is 2.71 bits per heavy atom. The maximum atomic E-state index is 6.90. The van der Waals surface area contributed by atoms with Crippen LogP contribution in [-0.4, -0.2) is 7.11 Å². The molecule has 2 nitrogen and oxygen atoms in total. The van der Waals surface area contributed by atoms with Gasteiger partial charge in [-0.05, 0) is 48.6 Å². The molecule has 1 aliphatic carbocycles. The van der Waals surface area contributed by atoms with Gasteiger partial charge in [0.15, 0.2) is 0 Å². The fourth-order valence-corrected chi connectivity index (χ4v) is 3.51. The fourth-order valence-electron chi connectivity index (χ4n) is 3.34. The van der Waals surface area contributed by atoms with Crippen molar-refractivity contribution in [3.8, 4) is 5.75 Å². The van der Waals surface area contributed by atoms with Crippen molar-refractivity contribution in [1.82, 2.24) is 0 Å². The normalized spacial score (nSPS) is 21.5. The number of aryl methyl sites for hydroxylation is 1. The molecule has 2 N–H and O–H groups in total. The average molecular weight is 302 g/mol. The first-order chi connectivity index (χ1) is 10.1. The Morgan fingerprint density at radius 2 is 1.90 bits per heavy atom. The van der Waals surface area contributed by atoms with Gasteiger partial charge in [-0.2, -0.15) is 0 Å². The molecular formula is C18H20ClNO. The molecule has 0 saturated carbocycles. The molecule has 2 aromatic rings. The first-order valence-electron chi connectivity index (χ1n) is 7.36. The van der Waals surface area contributed by atoms with Crippen molar-refractivity contribution in [3.05, 3.63) is 64.2 Å². The Balaban J connectivity index is 2.22. The van der Waals surface area contributed by atoms with Crippen molar-refractivity contribution in [1.29, 1.82) is 0 Å². The maximum absolute atomic E-state index is 6.90. The average Bonchev–Trinajstić information content (AvgIpc) is 2.68. The number of hydrogen-bond donors (Lipinski definition) is 1. The molecule has 21 heavy (non-hydrogen) atoms. The number of nitrogens with two attached hydrogens (primary N) is 1. The zero-order valence-electron chi connectivity index (χ0n) is 12.2. The Hall–Kier alpha value is -1.51. The standard InChI is InChI=1S/C18H20ClNO/c1-21-17-10-9-14(19)12-16(17)18(20)11-5-4-7-13-6-2-3-8-15(13)18/h2-3,6,8-10,12H,4-5,7,11,20H2,1H3. The van der Waals surface area contributed by atoms with Crippen LogP contribution in [0.3, 0.4) is 0 Å². The predicted octanol–water partition coefficient (Wildman–Crippen LogP) is 4.28. The molecule has 0 bridgehead atoms. The number of rotatable bonds is 2. The monoisotopic (exact) mass is 301 g/mol. The third kappa shape index (κ3) is 2.54. The first kappa shape index (κ1) is 14.4. The van der Waals surface area contributed by atoms with Gasteiger partial charge in [-0.1, -0.05) is 42.3 Å². The summed E-state index contributed by atoms with van der Waals surface area (Å²) in [6.07, 6.45) is 4.25. The lowest BCUT2D eigenvalue weighted by Crippen LogP contribution is -2.38. The number of hydrogen-bond acceptors (Lipinski definition) is 2. The van der Waals surface area contributed by atoms with E-state index in [1.165, 1.54) is 17.5 Å². The lowest BCUT2D eigenvalue weighted by molar-refractivity contribution is 0.387. The van der Waals surface area contributed by atoms with Gasteiger partial charge in [-0.15, -0.1) is 0 Å². The second-order valence-corrected chi connectivity index (χ2v) is 6.12. The fraction of sp³-hybridized carbons (Fsp3) is 0.333. The minimum Gasteiger partial charge on any atom is -0.496 e. The summed E-state index contributed by atoms with van der Waals surface area (Å²) >= 11 is 6.21. The zero-order chi connectivity index (χ0) is 14.9. The van der Waals surface area contributed by atoms with Crippen LogP contribution in [0.5, 0.6) is 5.75 Å². The topological polar surface area (TPSA) is 35.2 Å². The molecule has 1 aliphatic rings. The molecule has 0 aliphatic heterocycles. The number of halogens is 1. The van der Waals surface area contributed by atoms with E-state index in [1.54, 1.807) is 7.11 Å². The Bertz CT molecular complexity index is 655. The number of ether oxygens (including phenoxy) is 1. The number of fused-ring (bicyclic) bond motifs is 1. The van der Waals surface area contributed by atoms with Crippen LogP contribution in [0.25, 0.3) is 0 Å². The van der Waals surface area contributed by atoms with Crippen LogP contribution in [0.2, 0.25) is 5.02 Å². The smallest absolute Gasteiger partial charge is 0.124 e. The van der Waals surface area contributed by atoms with Crippen molar-refractivity contribution in [3.63, 3.8) is 0 Å². The van der Waals surface area contributed by atoms with Crippen molar-refractivity contribution < 1.29 is 4.74 Å². The molecule has 0 aromatic heterocycles. The molecule has 3 heteroatoms. The predicted molar refractivity (Wildman–Crippen MR) is 87.0 cm³/mol. The lowest BCUT2D eigenvalue weighted by Gasteiger charge is -2.32. The third-order valence-electron chi connectivity index (χ3n) is 4.41. The second kappa shape index (κ2) is 5.70. The van der Waals surface area contributed by atoms with E-state index in [1.807, 2.05) is 18.2 Å². The number of benzene rings is 2. The van der Waals surface area contributed by atoms with Gasteiger partial charge in [0.25, 0.3) is 0 Å². The molecule has 0 amide bonds. The minimum atomic E-state index is -0.538. The Labute approximate surface area is 130 Å². The van der Waals surface area contributed by atoms with Gasteiger partial charge in [0, 0.05) is 10.6 Å². The van der Waals surface area contributed by atoms with Crippen LogP contribution in [0, 0.1) is 0 Å². The van der Waals surface area contributed by atoms with E-state index in [4.69, 9.17) is 22.1 Å². The SMILES string of the molecule is COc1ccc(Cl)cc1C1(N)CCCCc2ccccc21. The molecule has 1 atom stereocenters. The van der Waals surface area contributed by atoms with Crippen molar-refractivity contribution >= 4 is 11.6 Å². The molecular weight excluding hydrogens is 282 g/mol. The molecule has 0 fully saturated rings. The maximum Gasteiger partial charge on any atom is 0.124 e. The number of methoxy groups -OCH3 is 1. The van der Waals surface area contributed by atoms with Gasteiger partial charge in [-0.25, -0.2) is 0 Å². The van der Waals surface area contributed by atoms with Gasteiger partial charge in [0.05, 0.1) is 12.6 Å². The summed E-state index contributed by atoms with van der Waals surface area (Å²) in [6, 6.07) is 14.2. The van der Waals surface area contributed by atoms with Gasteiger partial charge < -0.3 is 10.5 Å². The Morgan fingerprint density at radius 1 is 1.10 bits per heavy atom. The lowest BCUT2D eigenvalue weighted by atomic mass is 9.79. The summed E-state index contributed by atoms with van der Waals surface area (Å²) in [4.78, 5) is 0. The summed E-state index contributed by atoms with van der Waals surface area (Å²) in [7, 11) is 1.68. The highest BCUT2D eigenvalue weighted by atomic mass is 35.5. The Kier molecular flexibility index (Phi) is 3.92. The van der Waals surface area contributed by atoms with E-state index in [9.17, 15) is 0 Å². The van der Waals surface area contributed by atoms with Crippen molar-refractivity contribution in [2.24, 2.45) is 5.73 Å². The molecule has 1 unspecified atom stereocenters. The molecule has 0 heterocycles. The van der Waals surface area contributed by atoms with E-state index in [2.05, 4.69) is 24.3 Å². The van der Waals surface area contributed by atoms with Crippen LogP contribution in [0.4, 0.5) is 0 Å². The molecule has 110 valence electrons. The van der Waals surface area contributed by atoms with Crippen LogP contribution < -0.4 is 10.5 Å². The highest BCUT2D eigenvalue weighted by Gasteiger charge is 2.35. The molecule has 0 saturated heterocycles. The van der Waals surface area contributed by atoms with E-state index < -0.39 is 5.54 Å². The van der Waals surface area contributed by atoms with Crippen molar-refractivity contribution in [2.75, 3.05) is 7.11 Å². The van der Waals surface area contributed by atoms with Gasteiger partial charge in [0.2, 0.25) is 0 Å². The van der Waals surface area contributed by atoms with E-state index in [0.717, 1.165) is 30.6 Å². The summed E-state index contributed by atoms with van der Waals surface area (Å²) in [5.74, 6) is 0.804. The quantitative estimate of drug-likeness (QED) is 0.840. The minimum absolute atomic E-state index is 0.538. The van der Waals surface area contributed by atoms with Crippen molar-refractivity contribution in [2.45, 2.75) is 31.2 Å². The molecule has 0 spiro atoms. The van der Waals surface area contributed by atoms with E-state index in [0.29, 0.717) is 5.02 Å². The van der Waals surface area contributed by atoms with E-state index in [-0.39, 0.29) is 0 Å². The third-order valence-corrected chi connectivity index (χ3v) is 4.64. The molecule has 2 aromatic carbocycles. The second-order valence-electron chi connectivity index (χ2n) is 5.68. The highest BCUT2D eigenvalue weighted by molar-refractivity contribution is 6.30. The highest BCUT2D eigenvalue weighted by Crippen LogP contribution is 2.42.